The van der Waals surface area contributed by atoms with E-state index < -0.39 is 0 Å². The van der Waals surface area contributed by atoms with Crippen LogP contribution in [0.5, 0.6) is 0 Å². The van der Waals surface area contributed by atoms with Gasteiger partial charge >= 0.3 is 0 Å². The Labute approximate surface area is 120 Å². The Morgan fingerprint density at radius 2 is 1.89 bits per heavy atom. The van der Waals surface area contributed by atoms with Gasteiger partial charge < -0.3 is 15.7 Å². The first-order chi connectivity index (χ1) is 9.17. The van der Waals surface area contributed by atoms with Gasteiger partial charge in [-0.3, -0.25) is 0 Å². The second-order valence-electron chi connectivity index (χ2n) is 5.52. The number of nitrogens with two attached hydrogens (primary N) is 1. The van der Waals surface area contributed by atoms with E-state index >= 15 is 0 Å². The molecule has 0 radical (unpaired) electrons. The van der Waals surface area contributed by atoms with Crippen molar-refractivity contribution in [3.05, 3.63) is 34.9 Å². The first-order valence-corrected chi connectivity index (χ1v) is 7.38. The highest BCUT2D eigenvalue weighted by Crippen LogP contribution is 2.22. The topological polar surface area (TPSA) is 49.5 Å². The Balaban J connectivity index is 1.75. The summed E-state index contributed by atoms with van der Waals surface area (Å²) in [4.78, 5) is 2.36. The van der Waals surface area contributed by atoms with E-state index in [1.807, 2.05) is 12.1 Å². The van der Waals surface area contributed by atoms with E-state index in [2.05, 4.69) is 17.0 Å². The molecule has 1 aromatic carbocycles. The molecule has 0 unspecified atom stereocenters. The minimum absolute atomic E-state index is 0.0741. The van der Waals surface area contributed by atoms with E-state index in [1.54, 1.807) is 0 Å². The average molecular weight is 283 g/mol. The molecule has 0 aromatic heterocycles. The lowest BCUT2D eigenvalue weighted by molar-refractivity contribution is 0.154. The van der Waals surface area contributed by atoms with Crippen molar-refractivity contribution in [1.29, 1.82) is 0 Å². The van der Waals surface area contributed by atoms with Crippen molar-refractivity contribution in [1.82, 2.24) is 4.90 Å². The molecule has 19 heavy (non-hydrogen) atoms. The van der Waals surface area contributed by atoms with Gasteiger partial charge in [-0.1, -0.05) is 23.7 Å². The number of nitrogens with zero attached hydrogens (tertiary/aromatic N) is 1. The maximum atomic E-state index is 8.97. The number of aliphatic hydroxyl groups is 1. The molecule has 1 aliphatic rings. The zero-order valence-electron chi connectivity index (χ0n) is 11.3. The Kier molecular flexibility index (Phi) is 5.64. The van der Waals surface area contributed by atoms with Gasteiger partial charge in [-0.15, -0.1) is 0 Å². The van der Waals surface area contributed by atoms with Crippen molar-refractivity contribution < 1.29 is 5.11 Å². The van der Waals surface area contributed by atoms with Gasteiger partial charge in [0.25, 0.3) is 0 Å². The summed E-state index contributed by atoms with van der Waals surface area (Å²) in [5.41, 5.74) is 7.14. The van der Waals surface area contributed by atoms with E-state index in [0.29, 0.717) is 0 Å². The second-order valence-corrected chi connectivity index (χ2v) is 5.95. The number of piperidine rings is 1. The quantitative estimate of drug-likeness (QED) is 0.867. The molecule has 0 spiro atoms. The van der Waals surface area contributed by atoms with Gasteiger partial charge in [0.1, 0.15) is 0 Å². The summed E-state index contributed by atoms with van der Waals surface area (Å²) in [5, 5.41) is 9.77. The van der Waals surface area contributed by atoms with Gasteiger partial charge in [0, 0.05) is 17.6 Å². The summed E-state index contributed by atoms with van der Waals surface area (Å²) in [6.07, 6.45) is 3.55. The van der Waals surface area contributed by atoms with E-state index in [0.717, 1.165) is 37.0 Å². The Bertz CT molecular complexity index is 374. The zero-order valence-corrected chi connectivity index (χ0v) is 12.0. The monoisotopic (exact) mass is 282 g/mol. The summed E-state index contributed by atoms with van der Waals surface area (Å²) in [6.45, 7) is 3.06. The normalized spacial score (nSPS) is 19.5. The standard InChI is InChI=1S/C15H23ClN2O/c16-14-3-1-12(2-4-14)9-13-5-7-18(8-6-13)10-15(17)11-19/h1-4,13,15,19H,5-11,17H2/t15-/m0/s1. The van der Waals surface area contributed by atoms with E-state index in [9.17, 15) is 0 Å². The summed E-state index contributed by atoms with van der Waals surface area (Å²) >= 11 is 5.90. The number of benzene rings is 1. The molecule has 106 valence electrons. The summed E-state index contributed by atoms with van der Waals surface area (Å²) in [7, 11) is 0. The number of hydrogen-bond donors (Lipinski definition) is 2. The number of hydrogen-bond acceptors (Lipinski definition) is 3. The Hall–Kier alpha value is -0.610. The zero-order chi connectivity index (χ0) is 13.7. The lowest BCUT2D eigenvalue weighted by atomic mass is 9.90. The number of aliphatic hydroxyl groups excluding tert-OH is 1. The maximum Gasteiger partial charge on any atom is 0.0595 e. The fourth-order valence-corrected chi connectivity index (χ4v) is 2.84. The molecular formula is C15H23ClN2O. The minimum atomic E-state index is -0.104. The van der Waals surface area contributed by atoms with Gasteiger partial charge in [-0.2, -0.15) is 0 Å². The third-order valence-corrected chi connectivity index (χ3v) is 4.12. The van der Waals surface area contributed by atoms with Crippen LogP contribution in [0.1, 0.15) is 18.4 Å². The van der Waals surface area contributed by atoms with Crippen LogP contribution in [-0.2, 0) is 6.42 Å². The first-order valence-electron chi connectivity index (χ1n) is 7.00. The van der Waals surface area contributed by atoms with Crippen LogP contribution in [0.15, 0.2) is 24.3 Å². The van der Waals surface area contributed by atoms with Crippen LogP contribution in [0.25, 0.3) is 0 Å². The van der Waals surface area contributed by atoms with Crippen molar-refractivity contribution in [3.63, 3.8) is 0 Å². The van der Waals surface area contributed by atoms with Crippen LogP contribution in [0, 0.1) is 5.92 Å². The lowest BCUT2D eigenvalue weighted by Gasteiger charge is -2.33. The molecule has 0 amide bonds. The largest absolute Gasteiger partial charge is 0.395 e. The third kappa shape index (κ3) is 4.77. The van der Waals surface area contributed by atoms with E-state index in [1.165, 1.54) is 18.4 Å². The average Bonchev–Trinajstić information content (AvgIpc) is 2.43. The molecule has 0 saturated carbocycles. The summed E-state index contributed by atoms with van der Waals surface area (Å²) in [5.74, 6) is 0.753. The van der Waals surface area contributed by atoms with Crippen LogP contribution in [0.2, 0.25) is 5.02 Å². The molecule has 0 aliphatic carbocycles. The van der Waals surface area contributed by atoms with E-state index in [4.69, 9.17) is 22.4 Å². The Morgan fingerprint density at radius 1 is 1.26 bits per heavy atom. The highest BCUT2D eigenvalue weighted by atomic mass is 35.5. The molecule has 3 N–H and O–H groups in total. The fourth-order valence-electron chi connectivity index (χ4n) is 2.72. The predicted octanol–water partition coefficient (Wildman–Crippen LogP) is 1.91. The fraction of sp³-hybridized carbons (Fsp3) is 0.600. The number of halogens is 1. The van der Waals surface area contributed by atoms with Crippen molar-refractivity contribution in [2.45, 2.75) is 25.3 Å². The molecule has 4 heteroatoms. The summed E-state index contributed by atoms with van der Waals surface area (Å²) in [6, 6.07) is 8.07. The molecule has 1 aromatic rings. The minimum Gasteiger partial charge on any atom is -0.395 e. The van der Waals surface area contributed by atoms with Gasteiger partial charge in [-0.05, 0) is 56.0 Å². The van der Waals surface area contributed by atoms with Crippen LogP contribution < -0.4 is 5.73 Å². The van der Waals surface area contributed by atoms with Crippen LogP contribution in [-0.4, -0.2) is 42.3 Å². The number of likely N-dealkylation sites (tertiary alicyclic amines) is 1. The third-order valence-electron chi connectivity index (χ3n) is 3.87. The second kappa shape index (κ2) is 7.25. The first kappa shape index (κ1) is 14.8. The molecule has 1 atom stereocenters. The highest BCUT2D eigenvalue weighted by molar-refractivity contribution is 6.30. The maximum absolute atomic E-state index is 8.97. The van der Waals surface area contributed by atoms with Crippen molar-refractivity contribution in [2.75, 3.05) is 26.2 Å². The predicted molar refractivity (Wildman–Crippen MR) is 79.4 cm³/mol. The van der Waals surface area contributed by atoms with Gasteiger partial charge in [0.2, 0.25) is 0 Å². The number of rotatable bonds is 5. The highest BCUT2D eigenvalue weighted by Gasteiger charge is 2.20. The van der Waals surface area contributed by atoms with Gasteiger partial charge in [0.15, 0.2) is 0 Å². The van der Waals surface area contributed by atoms with Crippen LogP contribution >= 0.6 is 11.6 Å². The molecule has 2 rings (SSSR count). The van der Waals surface area contributed by atoms with Crippen molar-refractivity contribution in [2.24, 2.45) is 11.7 Å². The Morgan fingerprint density at radius 3 is 2.47 bits per heavy atom. The molecule has 0 bridgehead atoms. The molecule has 1 fully saturated rings. The SMILES string of the molecule is N[C@H](CO)CN1CCC(Cc2ccc(Cl)cc2)CC1. The molecule has 1 heterocycles. The smallest absolute Gasteiger partial charge is 0.0595 e. The summed E-state index contributed by atoms with van der Waals surface area (Å²) < 4.78 is 0. The molecule has 3 nitrogen and oxygen atoms in total. The van der Waals surface area contributed by atoms with E-state index in [-0.39, 0.29) is 12.6 Å². The van der Waals surface area contributed by atoms with Gasteiger partial charge in [0.05, 0.1) is 6.61 Å². The van der Waals surface area contributed by atoms with Crippen LogP contribution in [0.3, 0.4) is 0 Å². The van der Waals surface area contributed by atoms with Crippen molar-refractivity contribution in [3.8, 4) is 0 Å². The lowest BCUT2D eigenvalue weighted by Crippen LogP contribution is -2.43. The van der Waals surface area contributed by atoms with Gasteiger partial charge in [-0.25, -0.2) is 0 Å². The molecular weight excluding hydrogens is 260 g/mol. The van der Waals surface area contributed by atoms with Crippen molar-refractivity contribution >= 4 is 11.6 Å². The molecule has 1 saturated heterocycles. The van der Waals surface area contributed by atoms with Crippen LogP contribution in [0.4, 0.5) is 0 Å². The molecule has 1 aliphatic heterocycles.